The van der Waals surface area contributed by atoms with Crippen molar-refractivity contribution in [1.29, 1.82) is 0 Å². The standard InChI is InChI=1S/C16H24N2O4S/c1-16(2,3)22-15(21)17-11-6-8-18(9-7-11)13(14(19)20)12-5-4-10-23-12/h4-5,10-11,13H,6-9H2,1-3H3,(H,17,21)(H,19,20)/t13-/m0/s1. The zero-order valence-electron chi connectivity index (χ0n) is 13.7. The fourth-order valence-electron chi connectivity index (χ4n) is 2.68. The summed E-state index contributed by atoms with van der Waals surface area (Å²) in [7, 11) is 0. The van der Waals surface area contributed by atoms with Crippen molar-refractivity contribution in [3.63, 3.8) is 0 Å². The molecule has 0 radical (unpaired) electrons. The van der Waals surface area contributed by atoms with Crippen LogP contribution in [0.1, 0.15) is 44.5 Å². The van der Waals surface area contributed by atoms with E-state index in [1.165, 1.54) is 11.3 Å². The molecule has 1 aromatic rings. The zero-order chi connectivity index (χ0) is 17.0. The summed E-state index contributed by atoms with van der Waals surface area (Å²) in [6.45, 7) is 6.75. The number of rotatable bonds is 4. The average molecular weight is 340 g/mol. The van der Waals surface area contributed by atoms with Crippen LogP contribution in [0.4, 0.5) is 4.79 Å². The number of aliphatic carboxylic acids is 1. The Balaban J connectivity index is 1.88. The van der Waals surface area contributed by atoms with Gasteiger partial charge in [0, 0.05) is 24.0 Å². The second kappa shape index (κ2) is 7.31. The Morgan fingerprint density at radius 3 is 2.52 bits per heavy atom. The van der Waals surface area contributed by atoms with Crippen molar-refractivity contribution in [1.82, 2.24) is 10.2 Å². The van der Waals surface area contributed by atoms with Crippen molar-refractivity contribution >= 4 is 23.4 Å². The SMILES string of the molecule is CC(C)(C)OC(=O)NC1CCN([C@H](C(=O)O)c2cccs2)CC1. The van der Waals surface area contributed by atoms with Gasteiger partial charge in [-0.3, -0.25) is 9.69 Å². The molecule has 1 saturated heterocycles. The number of alkyl carbamates (subject to hydrolysis) is 1. The first-order chi connectivity index (χ1) is 10.8. The third-order valence-corrected chi connectivity index (χ3v) is 4.59. The number of nitrogens with one attached hydrogen (secondary N) is 1. The van der Waals surface area contributed by atoms with Gasteiger partial charge in [-0.15, -0.1) is 11.3 Å². The minimum absolute atomic E-state index is 0.0267. The van der Waals surface area contributed by atoms with Crippen LogP contribution >= 0.6 is 11.3 Å². The summed E-state index contributed by atoms with van der Waals surface area (Å²) in [5.74, 6) is -0.828. The van der Waals surface area contributed by atoms with Gasteiger partial charge in [-0.25, -0.2) is 4.79 Å². The number of carboxylic acids is 1. The fourth-order valence-corrected chi connectivity index (χ4v) is 3.53. The highest BCUT2D eigenvalue weighted by molar-refractivity contribution is 7.10. The molecule has 7 heteroatoms. The molecule has 0 unspecified atom stereocenters. The predicted molar refractivity (Wildman–Crippen MR) is 88.7 cm³/mol. The van der Waals surface area contributed by atoms with Crippen LogP contribution in [0.3, 0.4) is 0 Å². The van der Waals surface area contributed by atoms with E-state index in [0.29, 0.717) is 25.9 Å². The van der Waals surface area contributed by atoms with Crippen LogP contribution in [-0.4, -0.2) is 46.8 Å². The van der Waals surface area contributed by atoms with Crippen LogP contribution < -0.4 is 5.32 Å². The topological polar surface area (TPSA) is 78.9 Å². The maximum atomic E-state index is 11.8. The van der Waals surface area contributed by atoms with E-state index < -0.39 is 23.7 Å². The number of hydrogen-bond acceptors (Lipinski definition) is 5. The average Bonchev–Trinajstić information content (AvgIpc) is 2.92. The molecule has 1 amide bonds. The predicted octanol–water partition coefficient (Wildman–Crippen LogP) is 2.86. The van der Waals surface area contributed by atoms with Gasteiger partial charge in [0.05, 0.1) is 0 Å². The molecule has 2 N–H and O–H groups in total. The minimum Gasteiger partial charge on any atom is -0.480 e. The first-order valence-corrected chi connectivity index (χ1v) is 8.64. The van der Waals surface area contributed by atoms with E-state index in [2.05, 4.69) is 5.32 Å². The van der Waals surface area contributed by atoms with E-state index in [4.69, 9.17) is 4.74 Å². The number of hydrogen-bond donors (Lipinski definition) is 2. The van der Waals surface area contributed by atoms with Crippen molar-refractivity contribution in [3.05, 3.63) is 22.4 Å². The van der Waals surface area contributed by atoms with Crippen LogP contribution in [0.25, 0.3) is 0 Å². The van der Waals surface area contributed by atoms with Crippen molar-refractivity contribution in [2.75, 3.05) is 13.1 Å². The highest BCUT2D eigenvalue weighted by atomic mass is 32.1. The number of thiophene rings is 1. The van der Waals surface area contributed by atoms with E-state index in [9.17, 15) is 14.7 Å². The Kier molecular flexibility index (Phi) is 5.64. The van der Waals surface area contributed by atoms with Gasteiger partial charge in [0.2, 0.25) is 0 Å². The van der Waals surface area contributed by atoms with E-state index in [1.807, 2.05) is 43.2 Å². The van der Waals surface area contributed by atoms with Crippen LogP contribution in [0.15, 0.2) is 17.5 Å². The Bertz CT molecular complexity index is 531. The fraction of sp³-hybridized carbons (Fsp3) is 0.625. The van der Waals surface area contributed by atoms with Crippen molar-refractivity contribution in [2.24, 2.45) is 0 Å². The van der Waals surface area contributed by atoms with E-state index >= 15 is 0 Å². The maximum absolute atomic E-state index is 11.8. The maximum Gasteiger partial charge on any atom is 0.407 e. The molecule has 1 aliphatic heterocycles. The van der Waals surface area contributed by atoms with Gasteiger partial charge in [0.25, 0.3) is 0 Å². The molecule has 0 saturated carbocycles. The molecule has 128 valence electrons. The summed E-state index contributed by atoms with van der Waals surface area (Å²) in [4.78, 5) is 26.2. The lowest BCUT2D eigenvalue weighted by Crippen LogP contribution is -2.47. The molecule has 0 spiro atoms. The van der Waals surface area contributed by atoms with Crippen molar-refractivity contribution in [3.8, 4) is 0 Å². The summed E-state index contributed by atoms with van der Waals surface area (Å²) in [6.07, 6.45) is 1.02. The monoisotopic (exact) mass is 340 g/mol. The van der Waals surface area contributed by atoms with E-state index in [-0.39, 0.29) is 6.04 Å². The molecule has 6 nitrogen and oxygen atoms in total. The highest BCUT2D eigenvalue weighted by Gasteiger charge is 2.32. The number of ether oxygens (including phenoxy) is 1. The van der Waals surface area contributed by atoms with E-state index in [0.717, 1.165) is 4.88 Å². The molecule has 1 aliphatic rings. The molecule has 1 fully saturated rings. The summed E-state index contributed by atoms with van der Waals surface area (Å²) in [6, 6.07) is 3.15. The summed E-state index contributed by atoms with van der Waals surface area (Å²) < 4.78 is 5.26. The van der Waals surface area contributed by atoms with Gasteiger partial charge in [0.1, 0.15) is 11.6 Å². The second-order valence-corrected chi connectivity index (χ2v) is 7.69. The lowest BCUT2D eigenvalue weighted by Gasteiger charge is -2.35. The largest absolute Gasteiger partial charge is 0.480 e. The molecule has 0 aliphatic carbocycles. The number of carbonyl (C=O) groups excluding carboxylic acids is 1. The van der Waals surface area contributed by atoms with Gasteiger partial charge in [-0.1, -0.05) is 6.07 Å². The van der Waals surface area contributed by atoms with Gasteiger partial charge in [-0.2, -0.15) is 0 Å². The molecule has 0 bridgehead atoms. The Hall–Kier alpha value is -1.60. The zero-order valence-corrected chi connectivity index (χ0v) is 14.6. The second-order valence-electron chi connectivity index (χ2n) is 6.71. The van der Waals surface area contributed by atoms with Gasteiger partial charge >= 0.3 is 12.1 Å². The molecule has 1 atom stereocenters. The summed E-state index contributed by atoms with van der Waals surface area (Å²) in [5.41, 5.74) is -0.516. The lowest BCUT2D eigenvalue weighted by molar-refractivity contribution is -0.144. The normalized spacial score (nSPS) is 18.4. The molecule has 1 aromatic heterocycles. The van der Waals surface area contributed by atoms with Gasteiger partial charge < -0.3 is 15.2 Å². The third kappa shape index (κ3) is 5.21. The van der Waals surface area contributed by atoms with Gasteiger partial charge in [-0.05, 0) is 45.1 Å². The lowest BCUT2D eigenvalue weighted by atomic mass is 10.0. The molecule has 23 heavy (non-hydrogen) atoms. The van der Waals surface area contributed by atoms with Crippen LogP contribution in [-0.2, 0) is 9.53 Å². The molecule has 0 aromatic carbocycles. The number of amides is 1. The quantitative estimate of drug-likeness (QED) is 0.881. The smallest absolute Gasteiger partial charge is 0.407 e. The third-order valence-electron chi connectivity index (χ3n) is 3.66. The van der Waals surface area contributed by atoms with E-state index in [1.54, 1.807) is 0 Å². The van der Waals surface area contributed by atoms with Crippen LogP contribution in [0.5, 0.6) is 0 Å². The van der Waals surface area contributed by atoms with Crippen LogP contribution in [0, 0.1) is 0 Å². The molecule has 2 rings (SSSR count). The number of carbonyl (C=O) groups is 2. The Morgan fingerprint density at radius 2 is 2.04 bits per heavy atom. The summed E-state index contributed by atoms with van der Waals surface area (Å²) in [5, 5.41) is 14.3. The number of likely N-dealkylation sites (tertiary alicyclic amines) is 1. The minimum atomic E-state index is -0.828. The molecular formula is C16H24N2O4S. The van der Waals surface area contributed by atoms with Gasteiger partial charge in [0.15, 0.2) is 0 Å². The highest BCUT2D eigenvalue weighted by Crippen LogP contribution is 2.28. The van der Waals surface area contributed by atoms with Crippen molar-refractivity contribution in [2.45, 2.75) is 51.3 Å². The first-order valence-electron chi connectivity index (χ1n) is 7.76. The van der Waals surface area contributed by atoms with Crippen molar-refractivity contribution < 1.29 is 19.4 Å². The molecular weight excluding hydrogens is 316 g/mol. The number of carboxylic acid groups (broad SMARTS) is 1. The summed E-state index contributed by atoms with van der Waals surface area (Å²) >= 11 is 1.46. The Labute approximate surface area is 140 Å². The first kappa shape index (κ1) is 17.7. The molecule has 2 heterocycles. The Morgan fingerprint density at radius 1 is 1.39 bits per heavy atom. The van der Waals surface area contributed by atoms with Crippen LogP contribution in [0.2, 0.25) is 0 Å². The number of nitrogens with zero attached hydrogens (tertiary/aromatic N) is 1. The number of piperidine rings is 1.